The highest BCUT2D eigenvalue weighted by Crippen LogP contribution is 2.30. The minimum absolute atomic E-state index is 0.0212. The molecule has 0 saturated carbocycles. The van der Waals surface area contributed by atoms with E-state index in [4.69, 9.17) is 4.18 Å². The standard InChI is InChI=1S/C39H34N4O5S/c1-28-12-19-34(20-13-28)49(46,47)48-25-7-23-40-35-21-18-33(30-8-3-2-4-9-30)26-36(35)42-38(44)32-16-14-29(15-17-32)27-41-39(45)43-24-22-31-10-5-6-11-37(31)43/h2-6,8-21,26,40H,22-24,27H2,1H3,(H,41,45)(H,42,44). The number of nitrogens with one attached hydrogen (secondary N) is 3. The first-order valence-corrected chi connectivity index (χ1v) is 17.1. The second-order valence-corrected chi connectivity index (χ2v) is 13.0. The summed E-state index contributed by atoms with van der Waals surface area (Å²) in [7, 11) is -4.02. The van der Waals surface area contributed by atoms with Crippen molar-refractivity contribution < 1.29 is 22.2 Å². The minimum atomic E-state index is -4.02. The van der Waals surface area contributed by atoms with Gasteiger partial charge in [0.1, 0.15) is 11.0 Å². The molecule has 3 amide bonds. The second-order valence-electron chi connectivity index (χ2n) is 11.4. The number of hydrogen-bond donors (Lipinski definition) is 3. The number of carbonyl (C=O) groups excluding carboxylic acids is 2. The van der Waals surface area contributed by atoms with Gasteiger partial charge in [0.2, 0.25) is 0 Å². The zero-order valence-corrected chi connectivity index (χ0v) is 27.6. The number of benzene rings is 5. The van der Waals surface area contributed by atoms with Crippen LogP contribution in [0.2, 0.25) is 0 Å². The number of para-hydroxylation sites is 1. The van der Waals surface area contributed by atoms with Crippen LogP contribution in [-0.2, 0) is 27.3 Å². The lowest BCUT2D eigenvalue weighted by molar-refractivity contribution is 0.102. The molecule has 3 N–H and O–H groups in total. The predicted molar refractivity (Wildman–Crippen MR) is 192 cm³/mol. The molecular weight excluding hydrogens is 637 g/mol. The third-order valence-electron chi connectivity index (χ3n) is 8.07. The number of hydrogen-bond acceptors (Lipinski definition) is 6. The smallest absolute Gasteiger partial charge is 0.347 e. The van der Waals surface area contributed by atoms with Crippen LogP contribution in [0.3, 0.4) is 0 Å². The number of carbonyl (C=O) groups is 2. The van der Waals surface area contributed by atoms with Crippen molar-refractivity contribution in [3.63, 3.8) is 0 Å². The number of nitrogens with zero attached hydrogens (tertiary/aromatic N) is 1. The SMILES string of the molecule is Cc1ccc(S(=O)(=O)OC#CCNc2ccc(-c3ccccc3)cc2NC(=O)c2ccc(CNC(=O)N3CCc4ccccc43)cc2)cc1. The lowest BCUT2D eigenvalue weighted by atomic mass is 10.0. The molecule has 0 bridgehead atoms. The van der Waals surface area contributed by atoms with Crippen LogP contribution in [-0.4, -0.2) is 33.4 Å². The monoisotopic (exact) mass is 670 g/mol. The molecule has 6 rings (SSSR count). The molecule has 0 aromatic heterocycles. The first-order valence-electron chi connectivity index (χ1n) is 15.7. The topological polar surface area (TPSA) is 117 Å². The third kappa shape index (κ3) is 8.09. The molecule has 0 fully saturated rings. The maximum Gasteiger partial charge on any atom is 0.347 e. The van der Waals surface area contributed by atoms with E-state index in [1.807, 2.05) is 91.9 Å². The van der Waals surface area contributed by atoms with Crippen LogP contribution in [0.15, 0.2) is 126 Å². The van der Waals surface area contributed by atoms with Gasteiger partial charge < -0.3 is 20.1 Å². The van der Waals surface area contributed by atoms with Crippen molar-refractivity contribution in [1.82, 2.24) is 5.32 Å². The Morgan fingerprint density at radius 3 is 2.33 bits per heavy atom. The summed E-state index contributed by atoms with van der Waals surface area (Å²) in [5, 5.41) is 9.10. The molecule has 0 aliphatic carbocycles. The number of fused-ring (bicyclic) bond motifs is 1. The Balaban J connectivity index is 1.10. The lowest BCUT2D eigenvalue weighted by Crippen LogP contribution is -2.38. The average molecular weight is 671 g/mol. The molecule has 49 heavy (non-hydrogen) atoms. The van der Waals surface area contributed by atoms with Gasteiger partial charge in [-0.3, -0.25) is 9.69 Å². The third-order valence-corrected chi connectivity index (χ3v) is 9.22. The summed E-state index contributed by atoms with van der Waals surface area (Å²) in [4.78, 5) is 28.0. The van der Waals surface area contributed by atoms with Gasteiger partial charge in [0.05, 0.1) is 17.9 Å². The molecule has 1 aliphatic rings. The summed E-state index contributed by atoms with van der Waals surface area (Å²) in [5.41, 5.74) is 7.29. The largest absolute Gasteiger partial charge is 0.372 e. The van der Waals surface area contributed by atoms with Crippen LogP contribution in [0, 0.1) is 19.0 Å². The fraction of sp³-hybridized carbons (Fsp3) is 0.128. The Kier molecular flexibility index (Phi) is 9.93. The summed E-state index contributed by atoms with van der Waals surface area (Å²) in [6.45, 7) is 2.88. The van der Waals surface area contributed by atoms with Crippen molar-refractivity contribution in [3.05, 3.63) is 144 Å². The molecule has 0 unspecified atom stereocenters. The van der Waals surface area contributed by atoms with Crippen molar-refractivity contribution in [3.8, 4) is 23.2 Å². The Bertz CT molecular complexity index is 2140. The molecule has 5 aromatic rings. The first kappa shape index (κ1) is 32.9. The van der Waals surface area contributed by atoms with E-state index < -0.39 is 10.1 Å². The summed E-state index contributed by atoms with van der Waals surface area (Å²) in [5.74, 6) is 2.35. The zero-order chi connectivity index (χ0) is 34.2. The van der Waals surface area contributed by atoms with Crippen LogP contribution in [0.4, 0.5) is 21.9 Å². The number of urea groups is 1. The van der Waals surface area contributed by atoms with Crippen LogP contribution in [0.5, 0.6) is 0 Å². The van der Waals surface area contributed by atoms with E-state index in [-0.39, 0.29) is 23.4 Å². The molecule has 0 saturated heterocycles. The molecule has 5 aromatic carbocycles. The highest BCUT2D eigenvalue weighted by molar-refractivity contribution is 7.86. The zero-order valence-electron chi connectivity index (χ0n) is 26.8. The minimum Gasteiger partial charge on any atom is -0.372 e. The van der Waals surface area contributed by atoms with Gasteiger partial charge in [-0.15, -0.1) is 0 Å². The van der Waals surface area contributed by atoms with Gasteiger partial charge in [-0.25, -0.2) is 4.79 Å². The molecular formula is C39H34N4O5S. The molecule has 246 valence electrons. The average Bonchev–Trinajstić information content (AvgIpc) is 3.56. The van der Waals surface area contributed by atoms with Crippen molar-refractivity contribution in [2.45, 2.75) is 24.8 Å². The molecule has 1 aliphatic heterocycles. The Labute approximate surface area is 286 Å². The summed E-state index contributed by atoms with van der Waals surface area (Å²) < 4.78 is 29.7. The first-order chi connectivity index (χ1) is 23.8. The maximum atomic E-state index is 13.4. The Hall–Kier alpha value is -6.05. The van der Waals surface area contributed by atoms with Crippen molar-refractivity contribution >= 4 is 39.1 Å². The highest BCUT2D eigenvalue weighted by Gasteiger charge is 2.23. The molecule has 1 heterocycles. The van der Waals surface area contributed by atoms with Crippen LogP contribution in [0.1, 0.15) is 27.0 Å². The van der Waals surface area contributed by atoms with E-state index >= 15 is 0 Å². The van der Waals surface area contributed by atoms with Crippen LogP contribution in [0.25, 0.3) is 11.1 Å². The van der Waals surface area contributed by atoms with Crippen LogP contribution < -0.4 is 20.9 Å². The van der Waals surface area contributed by atoms with Crippen LogP contribution >= 0.6 is 0 Å². The maximum absolute atomic E-state index is 13.4. The van der Waals surface area contributed by atoms with E-state index in [1.165, 1.54) is 12.1 Å². The van der Waals surface area contributed by atoms with Gasteiger partial charge in [-0.1, -0.05) is 84.4 Å². The number of aryl methyl sites for hydroxylation is 1. The molecule has 9 nitrogen and oxygen atoms in total. The summed E-state index contributed by atoms with van der Waals surface area (Å²) in [6, 6.07) is 36.5. The predicted octanol–water partition coefficient (Wildman–Crippen LogP) is 6.96. The molecule has 10 heteroatoms. The van der Waals surface area contributed by atoms with E-state index in [0.717, 1.165) is 39.9 Å². The fourth-order valence-electron chi connectivity index (χ4n) is 5.42. The van der Waals surface area contributed by atoms with Gasteiger partial charge in [-0.2, -0.15) is 8.42 Å². The van der Waals surface area contributed by atoms with E-state index in [2.05, 4.69) is 28.0 Å². The van der Waals surface area contributed by atoms with Crippen molar-refractivity contribution in [1.29, 1.82) is 0 Å². The highest BCUT2D eigenvalue weighted by atomic mass is 32.2. The lowest BCUT2D eigenvalue weighted by Gasteiger charge is -2.18. The molecule has 0 spiro atoms. The van der Waals surface area contributed by atoms with E-state index in [1.54, 1.807) is 29.2 Å². The Morgan fingerprint density at radius 2 is 1.55 bits per heavy atom. The van der Waals surface area contributed by atoms with Gasteiger partial charge in [0.25, 0.3) is 5.91 Å². The van der Waals surface area contributed by atoms with E-state index in [0.29, 0.717) is 30.0 Å². The second kappa shape index (κ2) is 14.8. The quantitative estimate of drug-likeness (QED) is 0.115. The van der Waals surface area contributed by atoms with Crippen molar-refractivity contribution in [2.24, 2.45) is 0 Å². The number of amides is 3. The number of anilines is 3. The summed E-state index contributed by atoms with van der Waals surface area (Å²) >= 11 is 0. The van der Waals surface area contributed by atoms with Gasteiger partial charge in [0.15, 0.2) is 0 Å². The summed E-state index contributed by atoms with van der Waals surface area (Å²) in [6.07, 6.45) is 3.09. The fourth-order valence-corrected chi connectivity index (χ4v) is 6.15. The molecule has 0 radical (unpaired) electrons. The normalized spacial score (nSPS) is 11.9. The van der Waals surface area contributed by atoms with Crippen molar-refractivity contribution in [2.75, 3.05) is 28.6 Å². The Morgan fingerprint density at radius 1 is 0.816 bits per heavy atom. The number of rotatable bonds is 9. The van der Waals surface area contributed by atoms with Gasteiger partial charge >= 0.3 is 16.1 Å². The molecule has 0 atom stereocenters. The van der Waals surface area contributed by atoms with Gasteiger partial charge in [0, 0.05) is 24.3 Å². The van der Waals surface area contributed by atoms with Gasteiger partial charge in [-0.05, 0) is 84.0 Å². The van der Waals surface area contributed by atoms with E-state index in [9.17, 15) is 18.0 Å².